The third-order valence-electron chi connectivity index (χ3n) is 5.41. The molecule has 1 aliphatic carbocycles. The minimum atomic E-state index is -0.767. The SMILES string of the molecule is Cc1nc(C2(NC(=O)c3nn(-c4ccc(Cl)cc4)c(C)cc3=O)CCCCC2)no1. The molecule has 1 aliphatic rings. The molecule has 0 atom stereocenters. The van der Waals surface area contributed by atoms with Crippen molar-refractivity contribution in [1.29, 1.82) is 0 Å². The molecule has 1 N–H and O–H groups in total. The second-order valence-corrected chi connectivity index (χ2v) is 8.06. The number of carbonyl (C=O) groups is 1. The second-order valence-electron chi connectivity index (χ2n) is 7.62. The fourth-order valence-electron chi connectivity index (χ4n) is 3.88. The Morgan fingerprint density at radius 3 is 2.50 bits per heavy atom. The topological polar surface area (TPSA) is 103 Å². The lowest BCUT2D eigenvalue weighted by molar-refractivity contribution is 0.0847. The average molecular weight is 428 g/mol. The van der Waals surface area contributed by atoms with E-state index in [1.54, 1.807) is 42.8 Å². The van der Waals surface area contributed by atoms with Crippen LogP contribution in [0.25, 0.3) is 5.69 Å². The number of rotatable bonds is 4. The van der Waals surface area contributed by atoms with Gasteiger partial charge in [-0.25, -0.2) is 4.68 Å². The zero-order valence-corrected chi connectivity index (χ0v) is 17.6. The number of benzene rings is 1. The Bertz CT molecular complexity index is 1130. The van der Waals surface area contributed by atoms with Crippen LogP contribution in [0.4, 0.5) is 0 Å². The van der Waals surface area contributed by atoms with E-state index in [1.165, 1.54) is 6.07 Å². The molecule has 1 saturated carbocycles. The molecule has 0 saturated heterocycles. The molecule has 9 heteroatoms. The fourth-order valence-corrected chi connectivity index (χ4v) is 4.00. The van der Waals surface area contributed by atoms with Crippen molar-refractivity contribution < 1.29 is 9.32 Å². The highest BCUT2D eigenvalue weighted by Gasteiger charge is 2.40. The summed E-state index contributed by atoms with van der Waals surface area (Å²) < 4.78 is 6.71. The lowest BCUT2D eigenvalue weighted by Gasteiger charge is -2.35. The molecule has 0 radical (unpaired) electrons. The molecule has 2 aromatic heterocycles. The number of halogens is 1. The van der Waals surface area contributed by atoms with E-state index >= 15 is 0 Å². The van der Waals surface area contributed by atoms with Gasteiger partial charge in [0.15, 0.2) is 11.5 Å². The first-order valence-corrected chi connectivity index (χ1v) is 10.3. The molecule has 0 spiro atoms. The molecule has 0 unspecified atom stereocenters. The Labute approximate surface area is 178 Å². The number of carbonyl (C=O) groups excluding carboxylic acids is 1. The van der Waals surface area contributed by atoms with Gasteiger partial charge >= 0.3 is 0 Å². The van der Waals surface area contributed by atoms with Gasteiger partial charge in [0.2, 0.25) is 11.3 Å². The third-order valence-corrected chi connectivity index (χ3v) is 5.66. The van der Waals surface area contributed by atoms with E-state index in [4.69, 9.17) is 16.1 Å². The van der Waals surface area contributed by atoms with E-state index < -0.39 is 16.9 Å². The number of amides is 1. The Morgan fingerprint density at radius 1 is 1.17 bits per heavy atom. The van der Waals surface area contributed by atoms with Crippen LogP contribution in [-0.2, 0) is 5.54 Å². The molecule has 1 aromatic carbocycles. The minimum Gasteiger partial charge on any atom is -0.340 e. The summed E-state index contributed by atoms with van der Waals surface area (Å²) in [5.41, 5.74) is -0.0738. The van der Waals surface area contributed by atoms with Crippen LogP contribution < -0.4 is 10.7 Å². The monoisotopic (exact) mass is 427 g/mol. The zero-order chi connectivity index (χ0) is 21.3. The molecule has 0 bridgehead atoms. The highest BCUT2D eigenvalue weighted by Crippen LogP contribution is 2.35. The van der Waals surface area contributed by atoms with E-state index in [-0.39, 0.29) is 5.69 Å². The summed E-state index contributed by atoms with van der Waals surface area (Å²) in [7, 11) is 0. The first-order chi connectivity index (χ1) is 14.4. The van der Waals surface area contributed by atoms with E-state index in [2.05, 4.69) is 20.6 Å². The lowest BCUT2D eigenvalue weighted by atomic mass is 9.81. The largest absolute Gasteiger partial charge is 0.340 e. The van der Waals surface area contributed by atoms with Crippen LogP contribution in [0, 0.1) is 13.8 Å². The molecule has 8 nitrogen and oxygen atoms in total. The highest BCUT2D eigenvalue weighted by molar-refractivity contribution is 6.30. The number of aromatic nitrogens is 4. The van der Waals surface area contributed by atoms with Crippen molar-refractivity contribution in [2.24, 2.45) is 0 Å². The normalized spacial score (nSPS) is 15.7. The number of aryl methyl sites for hydroxylation is 2. The van der Waals surface area contributed by atoms with E-state index in [1.807, 2.05) is 0 Å². The number of nitrogens with zero attached hydrogens (tertiary/aromatic N) is 4. The van der Waals surface area contributed by atoms with Crippen LogP contribution in [0.5, 0.6) is 0 Å². The summed E-state index contributed by atoms with van der Waals surface area (Å²) in [6.45, 7) is 3.47. The van der Waals surface area contributed by atoms with Crippen molar-refractivity contribution in [3.05, 3.63) is 68.7 Å². The van der Waals surface area contributed by atoms with Gasteiger partial charge in [0.05, 0.1) is 5.69 Å². The maximum absolute atomic E-state index is 13.2. The summed E-state index contributed by atoms with van der Waals surface area (Å²) in [6.07, 6.45) is 4.26. The maximum atomic E-state index is 13.2. The molecule has 1 fully saturated rings. The van der Waals surface area contributed by atoms with Gasteiger partial charge < -0.3 is 9.84 Å². The van der Waals surface area contributed by atoms with Gasteiger partial charge in [-0.2, -0.15) is 10.1 Å². The Morgan fingerprint density at radius 2 is 1.87 bits per heavy atom. The van der Waals surface area contributed by atoms with Gasteiger partial charge in [0, 0.05) is 23.7 Å². The predicted octanol–water partition coefficient (Wildman–Crippen LogP) is 3.48. The second kappa shape index (κ2) is 8.02. The molecule has 1 amide bonds. The van der Waals surface area contributed by atoms with Crippen molar-refractivity contribution in [3.63, 3.8) is 0 Å². The minimum absolute atomic E-state index is 0.180. The quantitative estimate of drug-likeness (QED) is 0.683. The van der Waals surface area contributed by atoms with Crippen LogP contribution in [0.15, 0.2) is 39.6 Å². The molecular formula is C21H22ClN5O3. The van der Waals surface area contributed by atoms with Crippen LogP contribution in [0.3, 0.4) is 0 Å². The first-order valence-electron chi connectivity index (χ1n) is 9.88. The van der Waals surface area contributed by atoms with Crippen molar-refractivity contribution >= 4 is 17.5 Å². The number of hydrogen-bond donors (Lipinski definition) is 1. The number of hydrogen-bond acceptors (Lipinski definition) is 6. The van der Waals surface area contributed by atoms with Gasteiger partial charge in [0.1, 0.15) is 5.54 Å². The van der Waals surface area contributed by atoms with Crippen molar-refractivity contribution in [2.45, 2.75) is 51.5 Å². The van der Waals surface area contributed by atoms with Crippen molar-refractivity contribution in [3.8, 4) is 5.69 Å². The summed E-state index contributed by atoms with van der Waals surface area (Å²) in [5.74, 6) is 0.327. The Kier molecular flexibility index (Phi) is 5.42. The smallest absolute Gasteiger partial charge is 0.276 e. The molecular weight excluding hydrogens is 406 g/mol. The Balaban J connectivity index is 1.71. The van der Waals surface area contributed by atoms with Crippen LogP contribution >= 0.6 is 11.6 Å². The van der Waals surface area contributed by atoms with E-state index in [0.717, 1.165) is 19.3 Å². The highest BCUT2D eigenvalue weighted by atomic mass is 35.5. The van der Waals surface area contributed by atoms with Crippen LogP contribution in [-0.4, -0.2) is 25.8 Å². The van der Waals surface area contributed by atoms with Crippen molar-refractivity contribution in [2.75, 3.05) is 0 Å². The first kappa shape index (κ1) is 20.3. The predicted molar refractivity (Wildman–Crippen MR) is 111 cm³/mol. The molecule has 3 aromatic rings. The van der Waals surface area contributed by atoms with Gasteiger partial charge in [0.25, 0.3) is 5.91 Å². The maximum Gasteiger partial charge on any atom is 0.276 e. The summed E-state index contributed by atoms with van der Waals surface area (Å²) in [4.78, 5) is 30.1. The summed E-state index contributed by atoms with van der Waals surface area (Å²) in [6, 6.07) is 8.41. The van der Waals surface area contributed by atoms with Gasteiger partial charge in [-0.3, -0.25) is 9.59 Å². The molecule has 2 heterocycles. The standard InChI is InChI=1S/C21H22ClN5O3/c1-13-12-17(28)18(25-27(13)16-8-6-15(22)7-9-16)19(29)24-21(10-4-3-5-11-21)20-23-14(2)30-26-20/h6-9,12H,3-5,10-11H2,1-2H3,(H,24,29). The average Bonchev–Trinajstić information content (AvgIpc) is 3.17. The summed E-state index contributed by atoms with van der Waals surface area (Å²) >= 11 is 5.97. The van der Waals surface area contributed by atoms with Crippen LogP contribution in [0.2, 0.25) is 5.02 Å². The third kappa shape index (κ3) is 3.87. The van der Waals surface area contributed by atoms with Crippen LogP contribution in [0.1, 0.15) is 60.0 Å². The fraction of sp³-hybridized carbons (Fsp3) is 0.381. The lowest BCUT2D eigenvalue weighted by Crippen LogP contribution is -2.49. The van der Waals surface area contributed by atoms with Gasteiger partial charge in [-0.15, -0.1) is 0 Å². The summed E-state index contributed by atoms with van der Waals surface area (Å²) in [5, 5.41) is 12.0. The van der Waals surface area contributed by atoms with Crippen molar-refractivity contribution in [1.82, 2.24) is 25.2 Å². The van der Waals surface area contributed by atoms with E-state index in [0.29, 0.717) is 41.0 Å². The zero-order valence-electron chi connectivity index (χ0n) is 16.8. The number of nitrogens with one attached hydrogen (secondary N) is 1. The molecule has 0 aliphatic heterocycles. The molecule has 156 valence electrons. The van der Waals surface area contributed by atoms with E-state index in [9.17, 15) is 9.59 Å². The van der Waals surface area contributed by atoms with Gasteiger partial charge in [-0.1, -0.05) is 36.0 Å². The Hall–Kier alpha value is -3.00. The molecule has 4 rings (SSSR count). The molecule has 30 heavy (non-hydrogen) atoms. The van der Waals surface area contributed by atoms with Gasteiger partial charge in [-0.05, 0) is 44.0 Å².